The summed E-state index contributed by atoms with van der Waals surface area (Å²) in [7, 11) is 0. The molecule has 2 aliphatic heterocycles. The van der Waals surface area contributed by atoms with Crippen molar-refractivity contribution in [1.29, 1.82) is 0 Å². The Morgan fingerprint density at radius 1 is 1.20 bits per heavy atom. The van der Waals surface area contributed by atoms with Gasteiger partial charge < -0.3 is 30.1 Å². The molecule has 2 fully saturated rings. The predicted molar refractivity (Wildman–Crippen MR) is 132 cm³/mol. The summed E-state index contributed by atoms with van der Waals surface area (Å²) in [6.45, 7) is 3.15. The minimum atomic E-state index is -1.00. The van der Waals surface area contributed by atoms with Gasteiger partial charge in [0.2, 0.25) is 11.8 Å². The van der Waals surface area contributed by atoms with Gasteiger partial charge in [-0.1, -0.05) is 30.3 Å². The number of H-pyrrole nitrogens is 1. The zero-order valence-corrected chi connectivity index (χ0v) is 19.7. The summed E-state index contributed by atoms with van der Waals surface area (Å²) < 4.78 is 5.78. The Balaban J connectivity index is 1.43. The second-order valence-electron chi connectivity index (χ2n) is 9.15. The van der Waals surface area contributed by atoms with Crippen LogP contribution < -0.4 is 15.0 Å². The van der Waals surface area contributed by atoms with Gasteiger partial charge in [-0.3, -0.25) is 9.89 Å². The average molecular weight is 481 g/mol. The van der Waals surface area contributed by atoms with Crippen LogP contribution in [0.1, 0.15) is 19.3 Å². The first-order valence-electron chi connectivity index (χ1n) is 12.2. The van der Waals surface area contributed by atoms with E-state index in [2.05, 4.69) is 25.4 Å². The van der Waals surface area contributed by atoms with E-state index >= 15 is 0 Å². The molecule has 2 aromatic heterocycles. The number of amides is 1. The quantitative estimate of drug-likeness (QED) is 0.378. The summed E-state index contributed by atoms with van der Waals surface area (Å²) in [6.07, 6.45) is 3.59. The van der Waals surface area contributed by atoms with Crippen LogP contribution in [0, 0.1) is 0 Å². The van der Waals surface area contributed by atoms with E-state index in [1.165, 1.54) is 0 Å². The number of pyridine rings is 1. The molecule has 10 nitrogen and oxygen atoms in total. The number of ether oxygens (including phenoxy) is 1. The van der Waals surface area contributed by atoms with E-state index in [0.29, 0.717) is 50.2 Å². The molecule has 0 bridgehead atoms. The number of nitrogens with zero attached hydrogens (tertiary/aromatic N) is 4. The van der Waals surface area contributed by atoms with Gasteiger partial charge in [0, 0.05) is 50.4 Å². The second-order valence-corrected chi connectivity index (χ2v) is 9.15. The molecule has 0 spiro atoms. The molecule has 2 saturated heterocycles. The van der Waals surface area contributed by atoms with Crippen LogP contribution in [0.5, 0.6) is 5.88 Å². The SMILES string of the molecule is O=C(C[C@@H]1CCCN1)N1CCN(c2c(-c3ccccc3)cnc3[nH]nc(OC[C@H](O)CO)c23)CC1. The summed E-state index contributed by atoms with van der Waals surface area (Å²) in [5.41, 5.74) is 3.49. The molecule has 2 atom stereocenters. The lowest BCUT2D eigenvalue weighted by atomic mass is 10.0. The summed E-state index contributed by atoms with van der Waals surface area (Å²) in [5, 5.41) is 30.3. The highest BCUT2D eigenvalue weighted by Crippen LogP contribution is 2.40. The van der Waals surface area contributed by atoms with Crippen molar-refractivity contribution in [3.8, 4) is 17.0 Å². The number of aromatic amines is 1. The van der Waals surface area contributed by atoms with Gasteiger partial charge in [-0.05, 0) is 24.9 Å². The lowest BCUT2D eigenvalue weighted by Gasteiger charge is -2.37. The fourth-order valence-electron chi connectivity index (χ4n) is 4.89. The first kappa shape index (κ1) is 23.5. The number of anilines is 1. The van der Waals surface area contributed by atoms with E-state index in [-0.39, 0.29) is 12.5 Å². The Bertz CT molecular complexity index is 1140. The maximum Gasteiger partial charge on any atom is 0.244 e. The molecule has 1 amide bonds. The van der Waals surface area contributed by atoms with Gasteiger partial charge in [-0.2, -0.15) is 0 Å². The standard InChI is InChI=1S/C25H32N6O4/c32-15-19(33)16-35-25-22-23(20(14-27-24(22)28-29-25)17-5-2-1-3-6-17)31-11-9-30(10-12-31)21(34)13-18-7-4-8-26-18/h1-3,5-6,14,18-19,26,32-33H,4,7-13,15-16H2,(H,27,28,29)/t18-,19+/m0/s1. The molecule has 35 heavy (non-hydrogen) atoms. The number of aliphatic hydroxyl groups excluding tert-OH is 2. The first-order valence-corrected chi connectivity index (χ1v) is 12.2. The minimum absolute atomic E-state index is 0.0804. The molecule has 4 N–H and O–H groups in total. The van der Waals surface area contributed by atoms with Crippen LogP contribution in [0.4, 0.5) is 5.69 Å². The molecule has 0 unspecified atom stereocenters. The van der Waals surface area contributed by atoms with Gasteiger partial charge in [-0.15, -0.1) is 5.10 Å². The van der Waals surface area contributed by atoms with Gasteiger partial charge in [0.1, 0.15) is 18.1 Å². The van der Waals surface area contributed by atoms with Crippen LogP contribution in [-0.4, -0.2) is 94.3 Å². The Hall–Kier alpha value is -3.21. The maximum atomic E-state index is 12.9. The molecular weight excluding hydrogens is 448 g/mol. The number of carbonyl (C=O) groups is 1. The third-order valence-electron chi connectivity index (χ3n) is 6.77. The number of nitrogens with one attached hydrogen (secondary N) is 2. The molecule has 186 valence electrons. The third-order valence-corrected chi connectivity index (χ3v) is 6.77. The second kappa shape index (κ2) is 10.6. The van der Waals surface area contributed by atoms with Gasteiger partial charge in [0.05, 0.1) is 12.3 Å². The van der Waals surface area contributed by atoms with Crippen LogP contribution in [0.3, 0.4) is 0 Å². The van der Waals surface area contributed by atoms with Crippen molar-refractivity contribution < 1.29 is 19.7 Å². The molecular formula is C25H32N6O4. The Kier molecular flexibility index (Phi) is 7.12. The van der Waals surface area contributed by atoms with Crippen LogP contribution >= 0.6 is 0 Å². The van der Waals surface area contributed by atoms with Crippen molar-refractivity contribution in [2.24, 2.45) is 0 Å². The van der Waals surface area contributed by atoms with E-state index in [4.69, 9.17) is 4.74 Å². The maximum absolute atomic E-state index is 12.9. The Labute approximate surface area is 203 Å². The number of aliphatic hydroxyl groups is 2. The number of hydrogen-bond donors (Lipinski definition) is 4. The predicted octanol–water partition coefficient (Wildman–Crippen LogP) is 1.15. The summed E-state index contributed by atoms with van der Waals surface area (Å²) >= 11 is 0. The van der Waals surface area contributed by atoms with Gasteiger partial charge in [-0.25, -0.2) is 4.98 Å². The third kappa shape index (κ3) is 5.09. The van der Waals surface area contributed by atoms with E-state index in [9.17, 15) is 15.0 Å². The van der Waals surface area contributed by atoms with E-state index in [1.807, 2.05) is 41.4 Å². The van der Waals surface area contributed by atoms with Gasteiger partial charge in [0.15, 0.2) is 5.65 Å². The van der Waals surface area contributed by atoms with Crippen molar-refractivity contribution in [2.75, 3.05) is 50.8 Å². The Morgan fingerprint density at radius 2 is 2.00 bits per heavy atom. The van der Waals surface area contributed by atoms with Crippen molar-refractivity contribution in [2.45, 2.75) is 31.4 Å². The highest BCUT2D eigenvalue weighted by molar-refractivity contribution is 6.01. The normalized spacial score (nSPS) is 19.3. The lowest BCUT2D eigenvalue weighted by molar-refractivity contribution is -0.131. The van der Waals surface area contributed by atoms with Crippen molar-refractivity contribution in [3.05, 3.63) is 36.5 Å². The summed E-state index contributed by atoms with van der Waals surface area (Å²) in [5.74, 6) is 0.538. The fourth-order valence-corrected chi connectivity index (χ4v) is 4.89. The molecule has 0 radical (unpaired) electrons. The van der Waals surface area contributed by atoms with E-state index in [1.54, 1.807) is 0 Å². The molecule has 4 heterocycles. The number of rotatable bonds is 8. The average Bonchev–Trinajstić information content (AvgIpc) is 3.57. The summed E-state index contributed by atoms with van der Waals surface area (Å²) in [6, 6.07) is 10.3. The van der Waals surface area contributed by atoms with Crippen LogP contribution in [-0.2, 0) is 4.79 Å². The zero-order valence-electron chi connectivity index (χ0n) is 19.7. The molecule has 1 aromatic carbocycles. The molecule has 10 heteroatoms. The first-order chi connectivity index (χ1) is 17.1. The highest BCUT2D eigenvalue weighted by atomic mass is 16.5. The van der Waals surface area contributed by atoms with Gasteiger partial charge >= 0.3 is 0 Å². The van der Waals surface area contributed by atoms with Gasteiger partial charge in [0.25, 0.3) is 0 Å². The van der Waals surface area contributed by atoms with Crippen molar-refractivity contribution in [1.82, 2.24) is 25.4 Å². The molecule has 3 aromatic rings. The Morgan fingerprint density at radius 3 is 2.71 bits per heavy atom. The number of fused-ring (bicyclic) bond motifs is 1. The zero-order chi connectivity index (χ0) is 24.2. The van der Waals surface area contributed by atoms with E-state index < -0.39 is 12.7 Å². The summed E-state index contributed by atoms with van der Waals surface area (Å²) in [4.78, 5) is 21.7. The molecule has 2 aliphatic rings. The lowest BCUT2D eigenvalue weighted by Crippen LogP contribution is -2.50. The number of piperazine rings is 1. The van der Waals surface area contributed by atoms with Crippen molar-refractivity contribution >= 4 is 22.6 Å². The van der Waals surface area contributed by atoms with Crippen LogP contribution in [0.2, 0.25) is 0 Å². The topological polar surface area (TPSA) is 127 Å². The smallest absolute Gasteiger partial charge is 0.244 e. The monoisotopic (exact) mass is 480 g/mol. The molecule has 0 saturated carbocycles. The fraction of sp³-hybridized carbons (Fsp3) is 0.480. The van der Waals surface area contributed by atoms with Crippen LogP contribution in [0.15, 0.2) is 36.5 Å². The largest absolute Gasteiger partial charge is 0.473 e. The molecule has 5 rings (SSSR count). The number of carbonyl (C=O) groups excluding carboxylic acids is 1. The highest BCUT2D eigenvalue weighted by Gasteiger charge is 2.28. The molecule has 0 aliphatic carbocycles. The number of benzene rings is 1. The van der Waals surface area contributed by atoms with Crippen molar-refractivity contribution in [3.63, 3.8) is 0 Å². The minimum Gasteiger partial charge on any atom is -0.473 e. The number of aromatic nitrogens is 3. The number of hydrogen-bond acceptors (Lipinski definition) is 8. The van der Waals surface area contributed by atoms with Crippen LogP contribution in [0.25, 0.3) is 22.2 Å². The van der Waals surface area contributed by atoms with E-state index in [0.717, 1.165) is 41.6 Å².